The molecule has 0 radical (unpaired) electrons. The summed E-state index contributed by atoms with van der Waals surface area (Å²) in [4.78, 5) is 18.8. The standard InChI is InChI=1S/C19H21N3O2/c1-14-6-5-10-20-18(14)22-11-9-19(15-7-3-2-4-8-15)16(12-22)24-13-17(23)21-19/h2-8,10,16H,9,11-13H2,1H3,(H,21,23)/t16-,19+/m1/s1. The number of carbonyl (C=O) groups is 1. The van der Waals surface area contributed by atoms with Gasteiger partial charge in [0.1, 0.15) is 18.5 Å². The summed E-state index contributed by atoms with van der Waals surface area (Å²) in [5.41, 5.74) is 1.82. The average Bonchev–Trinajstić information content (AvgIpc) is 2.62. The van der Waals surface area contributed by atoms with Crippen molar-refractivity contribution in [2.75, 3.05) is 24.6 Å². The Balaban J connectivity index is 1.67. The van der Waals surface area contributed by atoms with Crippen LogP contribution in [0.4, 0.5) is 5.82 Å². The van der Waals surface area contributed by atoms with E-state index in [2.05, 4.69) is 40.3 Å². The summed E-state index contributed by atoms with van der Waals surface area (Å²) in [6, 6.07) is 14.2. The van der Waals surface area contributed by atoms with E-state index in [-0.39, 0.29) is 18.6 Å². The van der Waals surface area contributed by atoms with Gasteiger partial charge in [-0.3, -0.25) is 4.79 Å². The van der Waals surface area contributed by atoms with Gasteiger partial charge in [-0.2, -0.15) is 0 Å². The van der Waals surface area contributed by atoms with Crippen LogP contribution in [0.25, 0.3) is 0 Å². The second-order valence-electron chi connectivity index (χ2n) is 6.53. The van der Waals surface area contributed by atoms with Gasteiger partial charge in [-0.15, -0.1) is 0 Å². The molecule has 0 unspecified atom stereocenters. The zero-order valence-corrected chi connectivity index (χ0v) is 13.7. The highest BCUT2D eigenvalue weighted by Crippen LogP contribution is 2.38. The van der Waals surface area contributed by atoms with E-state index in [0.717, 1.165) is 29.9 Å². The number of nitrogens with zero attached hydrogens (tertiary/aromatic N) is 2. The fourth-order valence-corrected chi connectivity index (χ4v) is 3.86. The van der Waals surface area contributed by atoms with Crippen molar-refractivity contribution in [2.24, 2.45) is 0 Å². The number of carbonyl (C=O) groups excluding carboxylic acids is 1. The lowest BCUT2D eigenvalue weighted by Gasteiger charge is -2.50. The molecule has 5 heteroatoms. The van der Waals surface area contributed by atoms with Gasteiger partial charge in [0.2, 0.25) is 5.91 Å². The van der Waals surface area contributed by atoms with E-state index in [4.69, 9.17) is 4.74 Å². The van der Waals surface area contributed by atoms with Gasteiger partial charge >= 0.3 is 0 Å². The van der Waals surface area contributed by atoms with Gasteiger partial charge in [-0.1, -0.05) is 36.4 Å². The molecule has 1 N–H and O–H groups in total. The normalized spacial score (nSPS) is 26.6. The summed E-state index contributed by atoms with van der Waals surface area (Å²) < 4.78 is 5.96. The Kier molecular flexibility index (Phi) is 3.73. The predicted octanol–water partition coefficient (Wildman–Crippen LogP) is 2.01. The Hall–Kier alpha value is -2.40. The van der Waals surface area contributed by atoms with Crippen molar-refractivity contribution in [2.45, 2.75) is 25.0 Å². The molecule has 5 nitrogen and oxygen atoms in total. The first-order chi connectivity index (χ1) is 11.7. The SMILES string of the molecule is Cc1cccnc1N1CC[C@@]2(c3ccccc3)NC(=O)CO[C@@H]2C1. The number of benzene rings is 1. The molecule has 2 aliphatic heterocycles. The molecule has 1 amide bonds. The van der Waals surface area contributed by atoms with Crippen molar-refractivity contribution in [3.63, 3.8) is 0 Å². The lowest BCUT2D eigenvalue weighted by Crippen LogP contribution is -2.66. The molecule has 2 aromatic rings. The maximum absolute atomic E-state index is 12.0. The highest BCUT2D eigenvalue weighted by atomic mass is 16.5. The molecule has 2 saturated heterocycles. The summed E-state index contributed by atoms with van der Waals surface area (Å²) in [5.74, 6) is 0.956. The van der Waals surface area contributed by atoms with E-state index in [9.17, 15) is 4.79 Å². The summed E-state index contributed by atoms with van der Waals surface area (Å²) in [7, 11) is 0. The third kappa shape index (κ3) is 2.45. The number of amides is 1. The number of aromatic nitrogens is 1. The molecule has 2 atom stereocenters. The maximum Gasteiger partial charge on any atom is 0.246 e. The van der Waals surface area contributed by atoms with Gasteiger partial charge in [-0.05, 0) is 30.5 Å². The minimum absolute atomic E-state index is 0.0439. The van der Waals surface area contributed by atoms with Crippen molar-refractivity contribution in [3.05, 3.63) is 59.8 Å². The molecule has 24 heavy (non-hydrogen) atoms. The summed E-state index contributed by atoms with van der Waals surface area (Å²) >= 11 is 0. The molecule has 1 aromatic carbocycles. The van der Waals surface area contributed by atoms with Crippen molar-refractivity contribution in [1.29, 1.82) is 0 Å². The Morgan fingerprint density at radius 1 is 1.25 bits per heavy atom. The number of rotatable bonds is 2. The maximum atomic E-state index is 12.0. The number of hydrogen-bond donors (Lipinski definition) is 1. The minimum Gasteiger partial charge on any atom is -0.364 e. The van der Waals surface area contributed by atoms with E-state index in [1.807, 2.05) is 30.5 Å². The zero-order valence-electron chi connectivity index (χ0n) is 13.7. The molecule has 0 saturated carbocycles. The lowest BCUT2D eigenvalue weighted by atomic mass is 9.77. The van der Waals surface area contributed by atoms with E-state index in [1.54, 1.807) is 0 Å². The molecule has 1 aromatic heterocycles. The van der Waals surface area contributed by atoms with Crippen molar-refractivity contribution >= 4 is 11.7 Å². The van der Waals surface area contributed by atoms with Gasteiger partial charge in [-0.25, -0.2) is 4.98 Å². The molecule has 3 heterocycles. The Morgan fingerprint density at radius 3 is 2.88 bits per heavy atom. The number of ether oxygens (including phenoxy) is 1. The second-order valence-corrected chi connectivity index (χ2v) is 6.53. The zero-order chi connectivity index (χ0) is 16.6. The van der Waals surface area contributed by atoms with Crippen LogP contribution in [-0.4, -0.2) is 36.7 Å². The number of piperidine rings is 1. The van der Waals surface area contributed by atoms with E-state index < -0.39 is 5.54 Å². The highest BCUT2D eigenvalue weighted by molar-refractivity contribution is 5.79. The number of hydrogen-bond acceptors (Lipinski definition) is 4. The number of anilines is 1. The monoisotopic (exact) mass is 323 g/mol. The fraction of sp³-hybridized carbons (Fsp3) is 0.368. The third-order valence-electron chi connectivity index (χ3n) is 5.06. The lowest BCUT2D eigenvalue weighted by molar-refractivity contribution is -0.146. The number of aryl methyl sites for hydroxylation is 1. The highest BCUT2D eigenvalue weighted by Gasteiger charge is 2.49. The Bertz CT molecular complexity index is 749. The van der Waals surface area contributed by atoms with E-state index in [1.165, 1.54) is 0 Å². The van der Waals surface area contributed by atoms with Crippen molar-refractivity contribution in [1.82, 2.24) is 10.3 Å². The summed E-state index contributed by atoms with van der Waals surface area (Å²) in [6.45, 7) is 3.74. The number of fused-ring (bicyclic) bond motifs is 1. The van der Waals surface area contributed by atoms with E-state index in [0.29, 0.717) is 6.54 Å². The Labute approximate surface area is 141 Å². The van der Waals surface area contributed by atoms with Gasteiger partial charge in [0, 0.05) is 19.3 Å². The Morgan fingerprint density at radius 2 is 2.08 bits per heavy atom. The molecule has 0 aliphatic carbocycles. The average molecular weight is 323 g/mol. The molecular weight excluding hydrogens is 302 g/mol. The van der Waals surface area contributed by atoms with Crippen LogP contribution in [0.2, 0.25) is 0 Å². The first kappa shape index (κ1) is 15.1. The minimum atomic E-state index is -0.449. The van der Waals surface area contributed by atoms with Crippen LogP contribution in [0.5, 0.6) is 0 Å². The van der Waals surface area contributed by atoms with Crippen LogP contribution in [-0.2, 0) is 15.1 Å². The first-order valence-electron chi connectivity index (χ1n) is 8.34. The topological polar surface area (TPSA) is 54.5 Å². The van der Waals surface area contributed by atoms with E-state index >= 15 is 0 Å². The molecule has 0 bridgehead atoms. The smallest absolute Gasteiger partial charge is 0.246 e. The number of morpholine rings is 1. The molecular formula is C19H21N3O2. The van der Waals surface area contributed by atoms with Crippen LogP contribution >= 0.6 is 0 Å². The number of pyridine rings is 1. The summed E-state index contributed by atoms with van der Waals surface area (Å²) in [6.07, 6.45) is 2.53. The van der Waals surface area contributed by atoms with Gasteiger partial charge < -0.3 is 15.0 Å². The van der Waals surface area contributed by atoms with Gasteiger partial charge in [0.25, 0.3) is 0 Å². The molecule has 2 aliphatic rings. The number of nitrogens with one attached hydrogen (secondary N) is 1. The quantitative estimate of drug-likeness (QED) is 0.918. The van der Waals surface area contributed by atoms with Crippen molar-refractivity contribution in [3.8, 4) is 0 Å². The van der Waals surface area contributed by atoms with Crippen LogP contribution in [0.3, 0.4) is 0 Å². The van der Waals surface area contributed by atoms with Gasteiger partial charge in [0.15, 0.2) is 0 Å². The predicted molar refractivity (Wildman–Crippen MR) is 91.8 cm³/mol. The first-order valence-corrected chi connectivity index (χ1v) is 8.34. The third-order valence-corrected chi connectivity index (χ3v) is 5.06. The van der Waals surface area contributed by atoms with Crippen molar-refractivity contribution < 1.29 is 9.53 Å². The molecule has 0 spiro atoms. The molecule has 2 fully saturated rings. The van der Waals surface area contributed by atoms with Crippen LogP contribution in [0.1, 0.15) is 17.5 Å². The second kappa shape index (κ2) is 5.91. The van der Waals surface area contributed by atoms with Crippen LogP contribution in [0.15, 0.2) is 48.7 Å². The molecule has 4 rings (SSSR count). The van der Waals surface area contributed by atoms with Crippen LogP contribution < -0.4 is 10.2 Å². The molecule has 124 valence electrons. The largest absolute Gasteiger partial charge is 0.364 e. The van der Waals surface area contributed by atoms with Gasteiger partial charge in [0.05, 0.1) is 5.54 Å². The van der Waals surface area contributed by atoms with Crippen LogP contribution in [0, 0.1) is 6.92 Å². The summed E-state index contributed by atoms with van der Waals surface area (Å²) in [5, 5.41) is 3.22. The fourth-order valence-electron chi connectivity index (χ4n) is 3.86.